The second kappa shape index (κ2) is 6.06. The van der Waals surface area contributed by atoms with Crippen molar-refractivity contribution < 1.29 is 9.53 Å². The van der Waals surface area contributed by atoms with Crippen molar-refractivity contribution in [2.45, 2.75) is 11.4 Å². The van der Waals surface area contributed by atoms with Crippen LogP contribution >= 0.6 is 46.4 Å². The van der Waals surface area contributed by atoms with Crippen LogP contribution in [0, 0.1) is 6.92 Å². The quantitative estimate of drug-likeness (QED) is 0.349. The molecule has 0 heterocycles. The van der Waals surface area contributed by atoms with E-state index in [1.54, 1.807) is 6.92 Å². The van der Waals surface area contributed by atoms with E-state index in [-0.39, 0.29) is 0 Å². The molecule has 98 valence electrons. The van der Waals surface area contributed by atoms with Crippen LogP contribution in [0.5, 0.6) is 0 Å². The lowest BCUT2D eigenvalue weighted by atomic mass is 10.2. The SMILES string of the molecule is COC(=O)C(Cl)(Cl)N=Nc1cc(Cl)c(C)c(Cl)c1. The predicted octanol–water partition coefficient (Wildman–Crippen LogP) is 4.69. The number of ether oxygens (including phenoxy) is 1. The number of hydrogen-bond acceptors (Lipinski definition) is 4. The number of carbonyl (C=O) groups excluding carboxylic acids is 1. The van der Waals surface area contributed by atoms with Gasteiger partial charge in [-0.05, 0) is 24.6 Å². The molecule has 0 atom stereocenters. The maximum absolute atomic E-state index is 11.2. The monoisotopic (exact) mass is 328 g/mol. The summed E-state index contributed by atoms with van der Waals surface area (Å²) in [6, 6.07) is 3.04. The van der Waals surface area contributed by atoms with E-state index < -0.39 is 10.4 Å². The van der Waals surface area contributed by atoms with Crippen molar-refractivity contribution in [2.24, 2.45) is 10.2 Å². The molecule has 0 aliphatic heterocycles. The van der Waals surface area contributed by atoms with Crippen molar-refractivity contribution in [3.8, 4) is 0 Å². The van der Waals surface area contributed by atoms with Crippen LogP contribution in [0.2, 0.25) is 10.0 Å². The number of carbonyl (C=O) groups is 1. The van der Waals surface area contributed by atoms with Gasteiger partial charge in [0.15, 0.2) is 0 Å². The highest BCUT2D eigenvalue weighted by Crippen LogP contribution is 2.32. The number of benzene rings is 1. The number of azo groups is 1. The van der Waals surface area contributed by atoms with E-state index in [2.05, 4.69) is 15.0 Å². The molecule has 0 aliphatic carbocycles. The highest BCUT2D eigenvalue weighted by molar-refractivity contribution is 6.57. The molecule has 1 aromatic rings. The Labute approximate surface area is 124 Å². The Kier molecular flexibility index (Phi) is 5.22. The molecule has 0 amide bonds. The molecule has 1 rings (SSSR count). The van der Waals surface area contributed by atoms with Crippen molar-refractivity contribution in [3.05, 3.63) is 27.7 Å². The lowest BCUT2D eigenvalue weighted by Gasteiger charge is -2.09. The van der Waals surface area contributed by atoms with Crippen LogP contribution in [0.15, 0.2) is 22.4 Å². The summed E-state index contributed by atoms with van der Waals surface area (Å²) in [5.41, 5.74) is 1.04. The average molecular weight is 330 g/mol. The van der Waals surface area contributed by atoms with E-state index in [9.17, 15) is 4.79 Å². The summed E-state index contributed by atoms with van der Waals surface area (Å²) in [7, 11) is 1.14. The molecule has 0 bridgehead atoms. The molecule has 18 heavy (non-hydrogen) atoms. The summed E-state index contributed by atoms with van der Waals surface area (Å²) >= 11 is 23.1. The van der Waals surface area contributed by atoms with Gasteiger partial charge in [0.1, 0.15) is 0 Å². The van der Waals surface area contributed by atoms with E-state index in [0.29, 0.717) is 21.3 Å². The Balaban J connectivity index is 3.02. The van der Waals surface area contributed by atoms with Crippen molar-refractivity contribution in [3.63, 3.8) is 0 Å². The van der Waals surface area contributed by atoms with Gasteiger partial charge in [-0.2, -0.15) is 5.11 Å². The molecule has 0 spiro atoms. The number of esters is 1. The van der Waals surface area contributed by atoms with E-state index in [4.69, 9.17) is 46.4 Å². The van der Waals surface area contributed by atoms with E-state index >= 15 is 0 Å². The van der Waals surface area contributed by atoms with Gasteiger partial charge in [0.05, 0.1) is 12.8 Å². The zero-order valence-electron chi connectivity index (χ0n) is 9.38. The van der Waals surface area contributed by atoms with E-state index in [0.717, 1.165) is 7.11 Å². The van der Waals surface area contributed by atoms with Gasteiger partial charge in [-0.1, -0.05) is 46.4 Å². The fourth-order valence-corrected chi connectivity index (χ4v) is 1.68. The van der Waals surface area contributed by atoms with Gasteiger partial charge in [-0.25, -0.2) is 4.79 Å². The molecular formula is C10H8Cl4N2O2. The highest BCUT2D eigenvalue weighted by atomic mass is 35.5. The minimum Gasteiger partial charge on any atom is -0.465 e. The fourth-order valence-electron chi connectivity index (χ4n) is 0.974. The molecule has 1 aromatic carbocycles. The summed E-state index contributed by atoms with van der Waals surface area (Å²) < 4.78 is 2.26. The Morgan fingerprint density at radius 3 is 2.22 bits per heavy atom. The Morgan fingerprint density at radius 2 is 1.78 bits per heavy atom. The Morgan fingerprint density at radius 1 is 1.28 bits per heavy atom. The van der Waals surface area contributed by atoms with Crippen LogP contribution in [0.25, 0.3) is 0 Å². The standard InChI is InChI=1S/C10H8Cl4N2O2/c1-5-7(11)3-6(4-8(5)12)15-16-10(13,14)9(17)18-2/h3-4H,1-2H3. The zero-order chi connectivity index (χ0) is 13.9. The Bertz CT molecular complexity index is 480. The molecule has 0 unspecified atom stereocenters. The summed E-state index contributed by atoms with van der Waals surface area (Å²) in [4.78, 5) is 11.2. The van der Waals surface area contributed by atoms with Crippen molar-refractivity contribution >= 4 is 58.1 Å². The lowest BCUT2D eigenvalue weighted by Crippen LogP contribution is -2.24. The first-order chi connectivity index (χ1) is 8.27. The van der Waals surface area contributed by atoms with Gasteiger partial charge in [-0.15, -0.1) is 5.11 Å². The zero-order valence-corrected chi connectivity index (χ0v) is 12.4. The first-order valence-electron chi connectivity index (χ1n) is 4.62. The second-order valence-electron chi connectivity index (χ2n) is 3.27. The smallest absolute Gasteiger partial charge is 0.367 e. The average Bonchev–Trinajstić information content (AvgIpc) is 2.32. The fraction of sp³-hybridized carbons (Fsp3) is 0.300. The maximum Gasteiger partial charge on any atom is 0.367 e. The topological polar surface area (TPSA) is 51.0 Å². The molecule has 0 radical (unpaired) electrons. The summed E-state index contributed by atoms with van der Waals surface area (Å²) in [6.07, 6.45) is 0. The molecule has 0 fully saturated rings. The van der Waals surface area contributed by atoms with Gasteiger partial charge >= 0.3 is 10.4 Å². The predicted molar refractivity (Wildman–Crippen MR) is 72.2 cm³/mol. The van der Waals surface area contributed by atoms with Gasteiger partial charge in [-0.3, -0.25) is 0 Å². The molecular weight excluding hydrogens is 322 g/mol. The third-order valence-corrected chi connectivity index (χ3v) is 3.23. The minimum atomic E-state index is -2.10. The normalized spacial score (nSPS) is 11.9. The van der Waals surface area contributed by atoms with Crippen LogP contribution in [-0.4, -0.2) is 17.5 Å². The van der Waals surface area contributed by atoms with Crippen LogP contribution in [0.1, 0.15) is 5.56 Å². The number of rotatable bonds is 3. The molecule has 8 heteroatoms. The van der Waals surface area contributed by atoms with Crippen LogP contribution < -0.4 is 0 Å². The van der Waals surface area contributed by atoms with Crippen LogP contribution in [0.3, 0.4) is 0 Å². The first kappa shape index (κ1) is 15.5. The molecule has 0 saturated heterocycles. The molecule has 0 N–H and O–H groups in total. The first-order valence-corrected chi connectivity index (χ1v) is 6.14. The number of nitrogens with zero attached hydrogens (tertiary/aromatic N) is 2. The third-order valence-electron chi connectivity index (χ3n) is 1.99. The molecule has 0 aromatic heterocycles. The summed E-state index contributed by atoms with van der Waals surface area (Å²) in [5, 5.41) is 8.02. The summed E-state index contributed by atoms with van der Waals surface area (Å²) in [6.45, 7) is 1.76. The number of alkyl halides is 2. The molecule has 0 saturated carbocycles. The second-order valence-corrected chi connectivity index (χ2v) is 5.37. The van der Waals surface area contributed by atoms with E-state index in [1.807, 2.05) is 0 Å². The minimum absolute atomic E-state index is 0.324. The molecule has 0 aliphatic rings. The van der Waals surface area contributed by atoms with Crippen molar-refractivity contribution in [1.82, 2.24) is 0 Å². The van der Waals surface area contributed by atoms with Gasteiger partial charge in [0.25, 0.3) is 0 Å². The van der Waals surface area contributed by atoms with Crippen LogP contribution in [-0.2, 0) is 9.53 Å². The number of halogens is 4. The molecule has 4 nitrogen and oxygen atoms in total. The van der Waals surface area contributed by atoms with Crippen molar-refractivity contribution in [2.75, 3.05) is 7.11 Å². The lowest BCUT2D eigenvalue weighted by molar-refractivity contribution is -0.141. The van der Waals surface area contributed by atoms with Gasteiger partial charge < -0.3 is 4.74 Å². The highest BCUT2D eigenvalue weighted by Gasteiger charge is 2.35. The largest absolute Gasteiger partial charge is 0.465 e. The Hall–Kier alpha value is -0.550. The van der Waals surface area contributed by atoms with Crippen LogP contribution in [0.4, 0.5) is 5.69 Å². The van der Waals surface area contributed by atoms with E-state index in [1.165, 1.54) is 12.1 Å². The van der Waals surface area contributed by atoms with Gasteiger partial charge in [0, 0.05) is 10.0 Å². The van der Waals surface area contributed by atoms with Crippen molar-refractivity contribution in [1.29, 1.82) is 0 Å². The third kappa shape index (κ3) is 3.72. The number of hydrogen-bond donors (Lipinski definition) is 0. The van der Waals surface area contributed by atoms with Gasteiger partial charge in [0.2, 0.25) is 0 Å². The summed E-state index contributed by atoms with van der Waals surface area (Å²) in [5.74, 6) is -0.932. The maximum atomic E-state index is 11.2. The number of methoxy groups -OCH3 is 1.